The minimum atomic E-state index is 0.0575. The first kappa shape index (κ1) is 13.4. The standard InChI is InChI=1S/C16H20O/c1-5-14-6-8-15(9-7-14)13(4)11-16(17)10-12(2)3/h6-11H,5H2,1-4H3/b13-11+. The number of rotatable bonds is 4. The van der Waals surface area contributed by atoms with Gasteiger partial charge in [-0.15, -0.1) is 0 Å². The van der Waals surface area contributed by atoms with E-state index in [4.69, 9.17) is 0 Å². The summed E-state index contributed by atoms with van der Waals surface area (Å²) in [6.45, 7) is 7.96. The Labute approximate surface area is 104 Å². The molecule has 1 aromatic rings. The van der Waals surface area contributed by atoms with Crippen molar-refractivity contribution in [1.29, 1.82) is 0 Å². The van der Waals surface area contributed by atoms with Crippen LogP contribution in [0.25, 0.3) is 5.57 Å². The minimum Gasteiger partial charge on any atom is -0.290 e. The Hall–Kier alpha value is -1.63. The lowest BCUT2D eigenvalue weighted by Crippen LogP contribution is -1.90. The van der Waals surface area contributed by atoms with Gasteiger partial charge in [0.15, 0.2) is 5.78 Å². The molecular weight excluding hydrogens is 208 g/mol. The highest BCUT2D eigenvalue weighted by Gasteiger charge is 1.99. The summed E-state index contributed by atoms with van der Waals surface area (Å²) in [5.74, 6) is 0.0575. The fraction of sp³-hybridized carbons (Fsp3) is 0.312. The fourth-order valence-electron chi connectivity index (χ4n) is 1.63. The van der Waals surface area contributed by atoms with Crippen molar-refractivity contribution < 1.29 is 4.79 Å². The molecule has 0 spiro atoms. The lowest BCUT2D eigenvalue weighted by Gasteiger charge is -2.02. The maximum atomic E-state index is 11.6. The molecule has 0 saturated carbocycles. The minimum absolute atomic E-state index is 0.0575. The van der Waals surface area contributed by atoms with E-state index in [0.717, 1.165) is 23.1 Å². The zero-order valence-corrected chi connectivity index (χ0v) is 11.1. The fourth-order valence-corrected chi connectivity index (χ4v) is 1.63. The second-order valence-electron chi connectivity index (χ2n) is 4.50. The summed E-state index contributed by atoms with van der Waals surface area (Å²) < 4.78 is 0. The van der Waals surface area contributed by atoms with Crippen LogP contribution in [0.4, 0.5) is 0 Å². The lowest BCUT2D eigenvalue weighted by molar-refractivity contribution is -0.110. The Bertz CT molecular complexity index is 443. The average Bonchev–Trinajstić information content (AvgIpc) is 2.28. The monoisotopic (exact) mass is 228 g/mol. The van der Waals surface area contributed by atoms with Crippen molar-refractivity contribution in [2.45, 2.75) is 34.1 Å². The van der Waals surface area contributed by atoms with Crippen molar-refractivity contribution >= 4 is 11.4 Å². The summed E-state index contributed by atoms with van der Waals surface area (Å²) in [7, 11) is 0. The number of allylic oxidation sites excluding steroid dienone is 4. The molecule has 0 saturated heterocycles. The number of carbonyl (C=O) groups excluding carboxylic acids is 1. The quantitative estimate of drug-likeness (QED) is 0.706. The Morgan fingerprint density at radius 1 is 1.06 bits per heavy atom. The van der Waals surface area contributed by atoms with Gasteiger partial charge in [-0.3, -0.25) is 4.79 Å². The predicted octanol–water partition coefficient (Wildman–Crippen LogP) is 4.19. The first-order chi connectivity index (χ1) is 8.02. The van der Waals surface area contributed by atoms with Crippen molar-refractivity contribution in [2.75, 3.05) is 0 Å². The van der Waals surface area contributed by atoms with Crippen LogP contribution in [0.1, 0.15) is 38.8 Å². The molecule has 0 amide bonds. The number of benzene rings is 1. The summed E-state index contributed by atoms with van der Waals surface area (Å²) in [5.41, 5.74) is 4.46. The summed E-state index contributed by atoms with van der Waals surface area (Å²) in [6.07, 6.45) is 4.39. The smallest absolute Gasteiger partial charge is 0.178 e. The SMILES string of the molecule is CCc1ccc(/C(C)=C/C(=O)C=C(C)C)cc1. The third-order valence-electron chi connectivity index (χ3n) is 2.61. The average molecular weight is 228 g/mol. The predicted molar refractivity (Wildman–Crippen MR) is 73.9 cm³/mol. The Morgan fingerprint density at radius 3 is 2.12 bits per heavy atom. The second kappa shape index (κ2) is 6.19. The van der Waals surface area contributed by atoms with Gasteiger partial charge in [-0.2, -0.15) is 0 Å². The van der Waals surface area contributed by atoms with Gasteiger partial charge in [0, 0.05) is 0 Å². The molecule has 1 nitrogen and oxygen atoms in total. The number of ketones is 1. The summed E-state index contributed by atoms with van der Waals surface area (Å²) in [6, 6.07) is 8.36. The van der Waals surface area contributed by atoms with Gasteiger partial charge in [0.2, 0.25) is 0 Å². The zero-order chi connectivity index (χ0) is 12.8. The van der Waals surface area contributed by atoms with E-state index in [1.807, 2.05) is 20.8 Å². The van der Waals surface area contributed by atoms with Crippen LogP contribution in [0, 0.1) is 0 Å². The van der Waals surface area contributed by atoms with Gasteiger partial charge < -0.3 is 0 Å². The molecule has 0 atom stereocenters. The van der Waals surface area contributed by atoms with Crippen LogP contribution in [0.2, 0.25) is 0 Å². The molecule has 0 heterocycles. The summed E-state index contributed by atoms with van der Waals surface area (Å²) in [5, 5.41) is 0. The van der Waals surface area contributed by atoms with Crippen LogP contribution >= 0.6 is 0 Å². The maximum absolute atomic E-state index is 11.6. The van der Waals surface area contributed by atoms with Gasteiger partial charge in [0.05, 0.1) is 0 Å². The molecule has 1 heteroatoms. The van der Waals surface area contributed by atoms with Crippen LogP contribution in [0.3, 0.4) is 0 Å². The van der Waals surface area contributed by atoms with Gasteiger partial charge in [-0.05, 0) is 56.0 Å². The first-order valence-electron chi connectivity index (χ1n) is 5.99. The van der Waals surface area contributed by atoms with E-state index in [1.54, 1.807) is 12.2 Å². The zero-order valence-electron chi connectivity index (χ0n) is 11.1. The van der Waals surface area contributed by atoms with Gasteiger partial charge in [-0.25, -0.2) is 0 Å². The van der Waals surface area contributed by atoms with Crippen molar-refractivity contribution in [3.8, 4) is 0 Å². The first-order valence-corrected chi connectivity index (χ1v) is 5.99. The van der Waals surface area contributed by atoms with E-state index < -0.39 is 0 Å². The van der Waals surface area contributed by atoms with Gasteiger partial charge in [0.1, 0.15) is 0 Å². The molecule has 17 heavy (non-hydrogen) atoms. The van der Waals surface area contributed by atoms with Crippen molar-refractivity contribution in [3.05, 3.63) is 53.1 Å². The molecular formula is C16H20O. The highest BCUT2D eigenvalue weighted by Crippen LogP contribution is 2.15. The van der Waals surface area contributed by atoms with E-state index in [1.165, 1.54) is 5.56 Å². The molecule has 0 fully saturated rings. The summed E-state index contributed by atoms with van der Waals surface area (Å²) >= 11 is 0. The number of hydrogen-bond acceptors (Lipinski definition) is 1. The van der Waals surface area contributed by atoms with E-state index in [9.17, 15) is 4.79 Å². The highest BCUT2D eigenvalue weighted by atomic mass is 16.1. The Morgan fingerprint density at radius 2 is 1.65 bits per heavy atom. The topological polar surface area (TPSA) is 17.1 Å². The normalized spacial score (nSPS) is 11.2. The molecule has 0 N–H and O–H groups in total. The molecule has 0 aromatic heterocycles. The van der Waals surface area contributed by atoms with Gasteiger partial charge in [0.25, 0.3) is 0 Å². The van der Waals surface area contributed by atoms with Crippen LogP contribution < -0.4 is 0 Å². The summed E-state index contributed by atoms with van der Waals surface area (Å²) in [4.78, 5) is 11.6. The van der Waals surface area contributed by atoms with Gasteiger partial charge >= 0.3 is 0 Å². The van der Waals surface area contributed by atoms with Crippen LogP contribution in [0.5, 0.6) is 0 Å². The van der Waals surface area contributed by atoms with Crippen molar-refractivity contribution in [2.24, 2.45) is 0 Å². The second-order valence-corrected chi connectivity index (χ2v) is 4.50. The molecule has 0 aliphatic carbocycles. The third-order valence-corrected chi connectivity index (χ3v) is 2.61. The maximum Gasteiger partial charge on any atom is 0.178 e. The lowest BCUT2D eigenvalue weighted by atomic mass is 10.0. The van der Waals surface area contributed by atoms with Crippen LogP contribution in [-0.2, 0) is 11.2 Å². The third kappa shape index (κ3) is 4.39. The van der Waals surface area contributed by atoms with E-state index >= 15 is 0 Å². The number of carbonyl (C=O) groups is 1. The molecule has 0 unspecified atom stereocenters. The highest BCUT2D eigenvalue weighted by molar-refractivity contribution is 6.04. The molecule has 90 valence electrons. The molecule has 0 radical (unpaired) electrons. The Balaban J connectivity index is 2.88. The molecule has 1 aromatic carbocycles. The van der Waals surface area contributed by atoms with E-state index in [0.29, 0.717) is 0 Å². The molecule has 0 aliphatic rings. The Kier molecular flexibility index (Phi) is 4.89. The van der Waals surface area contributed by atoms with E-state index in [2.05, 4.69) is 31.2 Å². The largest absolute Gasteiger partial charge is 0.290 e. The molecule has 0 aliphatic heterocycles. The van der Waals surface area contributed by atoms with Crippen molar-refractivity contribution in [3.63, 3.8) is 0 Å². The molecule has 0 bridgehead atoms. The van der Waals surface area contributed by atoms with Gasteiger partial charge in [-0.1, -0.05) is 36.8 Å². The van der Waals surface area contributed by atoms with E-state index in [-0.39, 0.29) is 5.78 Å². The van der Waals surface area contributed by atoms with Crippen LogP contribution in [-0.4, -0.2) is 5.78 Å². The number of hydrogen-bond donors (Lipinski definition) is 0. The van der Waals surface area contributed by atoms with Crippen molar-refractivity contribution in [1.82, 2.24) is 0 Å². The molecule has 1 rings (SSSR count). The van der Waals surface area contributed by atoms with Crippen LogP contribution in [0.15, 0.2) is 42.0 Å². The number of aryl methyl sites for hydroxylation is 1.